The van der Waals surface area contributed by atoms with Gasteiger partial charge in [0, 0.05) is 12.1 Å². The highest BCUT2D eigenvalue weighted by atomic mass is 15.2. The van der Waals surface area contributed by atoms with Gasteiger partial charge >= 0.3 is 0 Å². The Hall–Kier alpha value is -0.0800. The van der Waals surface area contributed by atoms with E-state index >= 15 is 0 Å². The second-order valence-electron chi connectivity index (χ2n) is 7.96. The first kappa shape index (κ1) is 19.0. The summed E-state index contributed by atoms with van der Waals surface area (Å²) >= 11 is 0. The Morgan fingerprint density at radius 1 is 1.10 bits per heavy atom. The molecule has 3 unspecified atom stereocenters. The molecule has 126 valence electrons. The standard InChI is InChI=1S/C19H40N2/c1-7-11-17(20-9-3)18(8-2)21-14-10-12-16(13-15-21)19(4,5)6/h16-18,20H,7-15H2,1-6H3. The Balaban J connectivity index is 2.68. The summed E-state index contributed by atoms with van der Waals surface area (Å²) in [6.07, 6.45) is 8.04. The lowest BCUT2D eigenvalue weighted by molar-refractivity contribution is 0.143. The minimum absolute atomic E-state index is 0.474. The Morgan fingerprint density at radius 2 is 1.81 bits per heavy atom. The molecular formula is C19H40N2. The minimum atomic E-state index is 0.474. The molecule has 1 heterocycles. The molecule has 0 bridgehead atoms. The van der Waals surface area contributed by atoms with E-state index in [0.717, 1.165) is 18.5 Å². The quantitative estimate of drug-likeness (QED) is 0.733. The lowest BCUT2D eigenvalue weighted by atomic mass is 9.77. The van der Waals surface area contributed by atoms with Gasteiger partial charge in [0.05, 0.1) is 0 Å². The third kappa shape index (κ3) is 5.90. The van der Waals surface area contributed by atoms with E-state index in [0.29, 0.717) is 11.5 Å². The van der Waals surface area contributed by atoms with Crippen molar-refractivity contribution in [2.24, 2.45) is 11.3 Å². The summed E-state index contributed by atoms with van der Waals surface area (Å²) in [5, 5.41) is 3.75. The van der Waals surface area contributed by atoms with Crippen LogP contribution in [-0.4, -0.2) is 36.6 Å². The molecule has 0 aliphatic carbocycles. The van der Waals surface area contributed by atoms with Crippen LogP contribution in [0.3, 0.4) is 0 Å². The summed E-state index contributed by atoms with van der Waals surface area (Å²) in [4.78, 5) is 2.80. The number of hydrogen-bond donors (Lipinski definition) is 1. The summed E-state index contributed by atoms with van der Waals surface area (Å²) in [5.41, 5.74) is 0.474. The van der Waals surface area contributed by atoms with E-state index in [1.54, 1.807) is 0 Å². The molecule has 21 heavy (non-hydrogen) atoms. The van der Waals surface area contributed by atoms with Crippen LogP contribution in [0, 0.1) is 11.3 Å². The molecule has 2 heteroatoms. The fraction of sp³-hybridized carbons (Fsp3) is 1.00. The Bertz CT molecular complexity index is 263. The molecule has 0 saturated carbocycles. The Labute approximate surface area is 134 Å². The van der Waals surface area contributed by atoms with Crippen molar-refractivity contribution in [1.29, 1.82) is 0 Å². The van der Waals surface area contributed by atoms with Crippen LogP contribution >= 0.6 is 0 Å². The van der Waals surface area contributed by atoms with Gasteiger partial charge in [-0.3, -0.25) is 4.90 Å². The molecule has 0 aromatic heterocycles. The molecule has 1 saturated heterocycles. The molecule has 1 aliphatic rings. The number of likely N-dealkylation sites (N-methyl/N-ethyl adjacent to an activating group) is 1. The highest BCUT2D eigenvalue weighted by Crippen LogP contribution is 2.35. The third-order valence-corrected chi connectivity index (χ3v) is 5.41. The van der Waals surface area contributed by atoms with E-state index in [9.17, 15) is 0 Å². The molecule has 1 fully saturated rings. The third-order valence-electron chi connectivity index (χ3n) is 5.41. The van der Waals surface area contributed by atoms with Crippen molar-refractivity contribution < 1.29 is 0 Å². The van der Waals surface area contributed by atoms with Crippen molar-refractivity contribution >= 4 is 0 Å². The lowest BCUT2D eigenvalue weighted by Gasteiger charge is -2.37. The molecular weight excluding hydrogens is 256 g/mol. The van der Waals surface area contributed by atoms with Gasteiger partial charge in [0.15, 0.2) is 0 Å². The van der Waals surface area contributed by atoms with Crippen molar-refractivity contribution in [2.45, 2.75) is 92.2 Å². The molecule has 0 aromatic rings. The summed E-state index contributed by atoms with van der Waals surface area (Å²) in [5.74, 6) is 0.892. The van der Waals surface area contributed by atoms with E-state index in [1.165, 1.54) is 51.6 Å². The zero-order chi connectivity index (χ0) is 15.9. The van der Waals surface area contributed by atoms with E-state index in [4.69, 9.17) is 0 Å². The first-order valence-corrected chi connectivity index (χ1v) is 9.41. The zero-order valence-electron chi connectivity index (χ0n) is 15.5. The number of likely N-dealkylation sites (tertiary alicyclic amines) is 1. The monoisotopic (exact) mass is 296 g/mol. The largest absolute Gasteiger partial charge is 0.313 e. The molecule has 1 rings (SSSR count). The van der Waals surface area contributed by atoms with Crippen molar-refractivity contribution in [2.75, 3.05) is 19.6 Å². The maximum Gasteiger partial charge on any atom is 0.0246 e. The van der Waals surface area contributed by atoms with Crippen LogP contribution < -0.4 is 5.32 Å². The van der Waals surface area contributed by atoms with E-state index in [2.05, 4.69) is 51.8 Å². The van der Waals surface area contributed by atoms with Crippen molar-refractivity contribution in [1.82, 2.24) is 10.2 Å². The van der Waals surface area contributed by atoms with Crippen LogP contribution in [0.1, 0.15) is 80.1 Å². The van der Waals surface area contributed by atoms with Crippen LogP contribution in [0.4, 0.5) is 0 Å². The highest BCUT2D eigenvalue weighted by Gasteiger charge is 2.31. The summed E-state index contributed by atoms with van der Waals surface area (Å²) in [7, 11) is 0. The maximum absolute atomic E-state index is 3.75. The van der Waals surface area contributed by atoms with Crippen LogP contribution in [-0.2, 0) is 0 Å². The Kier molecular flexibility index (Phi) is 8.26. The predicted octanol–water partition coefficient (Wildman–Crippen LogP) is 4.69. The average molecular weight is 297 g/mol. The van der Waals surface area contributed by atoms with Gasteiger partial charge in [0.25, 0.3) is 0 Å². The number of nitrogens with one attached hydrogen (secondary N) is 1. The summed E-state index contributed by atoms with van der Waals surface area (Å²) in [6, 6.07) is 1.40. The van der Waals surface area contributed by atoms with E-state index < -0.39 is 0 Å². The first-order valence-electron chi connectivity index (χ1n) is 9.41. The topological polar surface area (TPSA) is 15.3 Å². The SMILES string of the molecule is CCCC(NCC)C(CC)N1CCCC(C(C)(C)C)CC1. The van der Waals surface area contributed by atoms with Gasteiger partial charge in [-0.1, -0.05) is 48.0 Å². The molecule has 0 spiro atoms. The second-order valence-corrected chi connectivity index (χ2v) is 7.96. The molecule has 3 atom stereocenters. The second kappa shape index (κ2) is 9.15. The highest BCUT2D eigenvalue weighted by molar-refractivity contribution is 4.87. The molecule has 0 radical (unpaired) electrons. The average Bonchev–Trinajstić information content (AvgIpc) is 2.66. The molecule has 0 amide bonds. The zero-order valence-corrected chi connectivity index (χ0v) is 15.5. The van der Waals surface area contributed by atoms with Crippen molar-refractivity contribution in [3.05, 3.63) is 0 Å². The van der Waals surface area contributed by atoms with Crippen LogP contribution in [0.2, 0.25) is 0 Å². The van der Waals surface area contributed by atoms with Gasteiger partial charge in [-0.25, -0.2) is 0 Å². The number of rotatable bonds is 7. The fourth-order valence-electron chi connectivity index (χ4n) is 4.12. The molecule has 0 aromatic carbocycles. The summed E-state index contributed by atoms with van der Waals surface area (Å²) < 4.78 is 0. The predicted molar refractivity (Wildman–Crippen MR) is 94.8 cm³/mol. The smallest absolute Gasteiger partial charge is 0.0246 e. The van der Waals surface area contributed by atoms with Crippen molar-refractivity contribution in [3.8, 4) is 0 Å². The van der Waals surface area contributed by atoms with Gasteiger partial charge in [-0.2, -0.15) is 0 Å². The first-order chi connectivity index (χ1) is 9.93. The Morgan fingerprint density at radius 3 is 2.33 bits per heavy atom. The minimum Gasteiger partial charge on any atom is -0.313 e. The normalized spacial score (nSPS) is 24.6. The van der Waals surface area contributed by atoms with Crippen LogP contribution in [0.25, 0.3) is 0 Å². The van der Waals surface area contributed by atoms with E-state index in [1.807, 2.05) is 0 Å². The molecule has 1 aliphatic heterocycles. The van der Waals surface area contributed by atoms with Crippen LogP contribution in [0.5, 0.6) is 0 Å². The van der Waals surface area contributed by atoms with Gasteiger partial charge in [0.2, 0.25) is 0 Å². The maximum atomic E-state index is 3.75. The van der Waals surface area contributed by atoms with E-state index in [-0.39, 0.29) is 0 Å². The van der Waals surface area contributed by atoms with Gasteiger partial charge in [0.1, 0.15) is 0 Å². The van der Waals surface area contributed by atoms with Gasteiger partial charge in [-0.05, 0) is 63.1 Å². The summed E-state index contributed by atoms with van der Waals surface area (Å²) in [6.45, 7) is 17.9. The van der Waals surface area contributed by atoms with Crippen molar-refractivity contribution in [3.63, 3.8) is 0 Å². The molecule has 1 N–H and O–H groups in total. The molecule has 2 nitrogen and oxygen atoms in total. The van der Waals surface area contributed by atoms with Crippen LogP contribution in [0.15, 0.2) is 0 Å². The number of hydrogen-bond acceptors (Lipinski definition) is 2. The number of nitrogens with zero attached hydrogens (tertiary/aromatic N) is 1. The van der Waals surface area contributed by atoms with Gasteiger partial charge < -0.3 is 5.32 Å². The van der Waals surface area contributed by atoms with Gasteiger partial charge in [-0.15, -0.1) is 0 Å². The lowest BCUT2D eigenvalue weighted by Crippen LogP contribution is -2.50. The fourth-order valence-corrected chi connectivity index (χ4v) is 4.12.